The third kappa shape index (κ3) is 3.81. The predicted octanol–water partition coefficient (Wildman–Crippen LogP) is 2.45. The highest BCUT2D eigenvalue weighted by molar-refractivity contribution is 6.09. The summed E-state index contributed by atoms with van der Waals surface area (Å²) in [6.07, 6.45) is 5.17. The number of pyridine rings is 2. The zero-order valence-electron chi connectivity index (χ0n) is 18.4. The summed E-state index contributed by atoms with van der Waals surface area (Å²) in [5.41, 5.74) is 0.153. The van der Waals surface area contributed by atoms with Crippen LogP contribution in [0, 0.1) is 6.92 Å². The van der Waals surface area contributed by atoms with Gasteiger partial charge >= 0.3 is 0 Å². The molecule has 0 saturated carbocycles. The van der Waals surface area contributed by atoms with Gasteiger partial charge in [0.15, 0.2) is 5.60 Å². The molecule has 8 nitrogen and oxygen atoms in total. The second-order valence-electron chi connectivity index (χ2n) is 8.87. The van der Waals surface area contributed by atoms with Gasteiger partial charge in [-0.1, -0.05) is 11.2 Å². The second kappa shape index (κ2) is 8.01. The number of piperidine rings is 1. The minimum atomic E-state index is -1.27. The summed E-state index contributed by atoms with van der Waals surface area (Å²) in [4.78, 5) is 29.6. The lowest BCUT2D eigenvalue weighted by Crippen LogP contribution is -2.50. The summed E-state index contributed by atoms with van der Waals surface area (Å²) >= 11 is 0. The molecule has 1 amide bonds. The molecule has 2 aromatic rings. The lowest BCUT2D eigenvalue weighted by molar-refractivity contribution is -0.0936. The number of nitrogens with zero attached hydrogens (tertiary/aromatic N) is 4. The number of anilines is 1. The number of aliphatic hydroxyl groups is 1. The molecule has 1 fully saturated rings. The Morgan fingerprint density at radius 2 is 2.06 bits per heavy atom. The van der Waals surface area contributed by atoms with E-state index in [1.165, 1.54) is 0 Å². The molecule has 0 unspecified atom stereocenters. The zero-order chi connectivity index (χ0) is 22.2. The number of hydrogen-bond acceptors (Lipinski definition) is 7. The van der Waals surface area contributed by atoms with E-state index < -0.39 is 11.2 Å². The molecule has 4 rings (SSSR count). The van der Waals surface area contributed by atoms with Gasteiger partial charge in [-0.3, -0.25) is 14.7 Å². The van der Waals surface area contributed by atoms with Crippen molar-refractivity contribution in [3.05, 3.63) is 53.5 Å². The van der Waals surface area contributed by atoms with Gasteiger partial charge in [-0.2, -0.15) is 0 Å². The van der Waals surface area contributed by atoms with Crippen LogP contribution in [0.15, 0.2) is 41.8 Å². The van der Waals surface area contributed by atoms with Gasteiger partial charge in [0.1, 0.15) is 22.8 Å². The zero-order valence-corrected chi connectivity index (χ0v) is 18.4. The van der Waals surface area contributed by atoms with E-state index in [4.69, 9.17) is 4.84 Å². The van der Waals surface area contributed by atoms with Crippen LogP contribution in [0.2, 0.25) is 0 Å². The lowest BCUT2D eigenvalue weighted by atomic mass is 9.82. The monoisotopic (exact) mass is 423 g/mol. The first-order valence-electron chi connectivity index (χ1n) is 10.6. The first-order chi connectivity index (χ1) is 14.7. The molecule has 4 heterocycles. The molecule has 2 N–H and O–H groups in total. The van der Waals surface area contributed by atoms with E-state index in [0.29, 0.717) is 29.3 Å². The van der Waals surface area contributed by atoms with Crippen LogP contribution in [0.5, 0.6) is 0 Å². The first-order valence-corrected chi connectivity index (χ1v) is 10.6. The summed E-state index contributed by atoms with van der Waals surface area (Å²) in [5.74, 6) is 0.462. The molecule has 2 aliphatic heterocycles. The molecule has 0 spiro atoms. The lowest BCUT2D eigenvalue weighted by Gasteiger charge is -2.34. The van der Waals surface area contributed by atoms with Crippen molar-refractivity contribution >= 4 is 17.4 Å². The van der Waals surface area contributed by atoms with Crippen LogP contribution in [0.1, 0.15) is 55.2 Å². The van der Waals surface area contributed by atoms with Crippen LogP contribution in [0.4, 0.5) is 5.82 Å². The Hall–Kier alpha value is -2.84. The number of aromatic nitrogens is 2. The number of oxime groups is 1. The molecule has 31 heavy (non-hydrogen) atoms. The molecule has 0 radical (unpaired) electrons. The number of hydrogen-bond donors (Lipinski definition) is 2. The van der Waals surface area contributed by atoms with Crippen LogP contribution in [0.3, 0.4) is 0 Å². The van der Waals surface area contributed by atoms with Crippen molar-refractivity contribution in [3.63, 3.8) is 0 Å². The Bertz CT molecular complexity index is 995. The molecule has 0 bridgehead atoms. The van der Waals surface area contributed by atoms with Gasteiger partial charge < -0.3 is 15.3 Å². The summed E-state index contributed by atoms with van der Waals surface area (Å²) in [5, 5.41) is 18.3. The van der Waals surface area contributed by atoms with Crippen LogP contribution >= 0.6 is 0 Å². The highest BCUT2D eigenvalue weighted by Gasteiger charge is 2.51. The number of nitrogens with one attached hydrogen (secondary N) is 1. The normalized spacial score (nSPS) is 24.9. The van der Waals surface area contributed by atoms with E-state index in [-0.39, 0.29) is 11.9 Å². The van der Waals surface area contributed by atoms with Crippen molar-refractivity contribution in [1.29, 1.82) is 0 Å². The second-order valence-corrected chi connectivity index (χ2v) is 8.87. The van der Waals surface area contributed by atoms with E-state index in [2.05, 4.69) is 20.4 Å². The maximum absolute atomic E-state index is 13.6. The quantitative estimate of drug-likeness (QED) is 0.784. The van der Waals surface area contributed by atoms with Crippen molar-refractivity contribution in [2.24, 2.45) is 5.16 Å². The molecular weight excluding hydrogens is 394 g/mol. The predicted molar refractivity (Wildman–Crippen MR) is 118 cm³/mol. The largest absolute Gasteiger partial charge is 0.386 e. The van der Waals surface area contributed by atoms with Crippen LogP contribution in [-0.4, -0.2) is 57.0 Å². The Labute approximate surface area is 182 Å². The highest BCUT2D eigenvalue weighted by atomic mass is 16.7. The summed E-state index contributed by atoms with van der Waals surface area (Å²) in [6.45, 7) is 8.84. The fraction of sp³-hybridized carbons (Fsp3) is 0.478. The molecule has 0 aromatic carbocycles. The maximum Gasteiger partial charge on any atom is 0.278 e. The van der Waals surface area contributed by atoms with E-state index in [0.717, 1.165) is 24.9 Å². The summed E-state index contributed by atoms with van der Waals surface area (Å²) < 4.78 is 0. The van der Waals surface area contributed by atoms with E-state index >= 15 is 0 Å². The number of carbonyl (C=O) groups excluding carboxylic acids is 1. The molecule has 164 valence electrons. The van der Waals surface area contributed by atoms with Crippen LogP contribution < -0.4 is 10.2 Å². The standard InChI is InChI=1S/C23H29N5O3/c1-15-7-5-12-25-20(15)28(17-8-6-11-24-14-17)21(29)18-10-9-16(13-26-18)19-23(4,30)22(2,3)31-27-19/h5,7,9-10,12-13,17,24,30H,6,8,11,14H2,1-4H3/t17-,23+/m1/s1. The average molecular weight is 424 g/mol. The van der Waals surface area contributed by atoms with Crippen molar-refractivity contribution in [2.45, 2.75) is 57.8 Å². The first kappa shape index (κ1) is 21.4. The third-order valence-corrected chi connectivity index (χ3v) is 6.32. The SMILES string of the molecule is Cc1cccnc1N(C(=O)c1ccc(C2=NOC(C)(C)[C@@]2(C)O)cn1)[C@@H]1CCCNC1. The van der Waals surface area contributed by atoms with Crippen molar-refractivity contribution in [3.8, 4) is 0 Å². The van der Waals surface area contributed by atoms with Crippen molar-refractivity contribution in [1.82, 2.24) is 15.3 Å². The Kier molecular flexibility index (Phi) is 5.53. The number of rotatable bonds is 4. The molecule has 2 aromatic heterocycles. The highest BCUT2D eigenvalue weighted by Crippen LogP contribution is 2.35. The summed E-state index contributed by atoms with van der Waals surface area (Å²) in [6, 6.07) is 7.25. The number of aryl methyl sites for hydroxylation is 1. The Morgan fingerprint density at radius 3 is 2.65 bits per heavy atom. The van der Waals surface area contributed by atoms with Gasteiger partial charge in [-0.05, 0) is 70.8 Å². The van der Waals surface area contributed by atoms with Gasteiger partial charge in [0.25, 0.3) is 5.91 Å². The molecule has 2 aliphatic rings. The Balaban J connectivity index is 1.64. The topological polar surface area (TPSA) is 99.9 Å². The average Bonchev–Trinajstić information content (AvgIpc) is 2.97. The van der Waals surface area contributed by atoms with E-state index in [1.54, 1.807) is 50.2 Å². The van der Waals surface area contributed by atoms with Gasteiger partial charge in [0.05, 0.1) is 6.04 Å². The minimum Gasteiger partial charge on any atom is -0.386 e. The smallest absolute Gasteiger partial charge is 0.278 e. The molecule has 8 heteroatoms. The van der Waals surface area contributed by atoms with E-state index in [9.17, 15) is 9.90 Å². The van der Waals surface area contributed by atoms with Crippen LogP contribution in [-0.2, 0) is 4.84 Å². The molecule has 1 saturated heterocycles. The van der Waals surface area contributed by atoms with Gasteiger partial charge in [0, 0.05) is 24.5 Å². The fourth-order valence-corrected chi connectivity index (χ4v) is 3.96. The van der Waals surface area contributed by atoms with Gasteiger partial charge in [-0.25, -0.2) is 4.98 Å². The van der Waals surface area contributed by atoms with Gasteiger partial charge in [0.2, 0.25) is 0 Å². The summed E-state index contributed by atoms with van der Waals surface area (Å²) in [7, 11) is 0. The number of carbonyl (C=O) groups is 1. The maximum atomic E-state index is 13.6. The van der Waals surface area contributed by atoms with Crippen molar-refractivity contribution < 1.29 is 14.7 Å². The minimum absolute atomic E-state index is 0.00506. The van der Waals surface area contributed by atoms with Gasteiger partial charge in [-0.15, -0.1) is 0 Å². The fourth-order valence-electron chi connectivity index (χ4n) is 3.96. The Morgan fingerprint density at radius 1 is 1.26 bits per heavy atom. The van der Waals surface area contributed by atoms with Crippen LogP contribution in [0.25, 0.3) is 0 Å². The van der Waals surface area contributed by atoms with Crippen molar-refractivity contribution in [2.75, 3.05) is 18.0 Å². The molecule has 2 atom stereocenters. The van der Waals surface area contributed by atoms with E-state index in [1.807, 2.05) is 19.1 Å². The molecular formula is C23H29N5O3. The molecule has 0 aliphatic carbocycles. The third-order valence-electron chi connectivity index (χ3n) is 6.32. The number of amides is 1.